The molecule has 1 N–H and O–H groups in total. The Balaban J connectivity index is 1.86. The maximum absolute atomic E-state index is 12.8. The van der Waals surface area contributed by atoms with Gasteiger partial charge in [-0.15, -0.1) is 0 Å². The smallest absolute Gasteiger partial charge is 0.255 e. The first-order chi connectivity index (χ1) is 13.1. The monoisotopic (exact) mass is 390 g/mol. The van der Waals surface area contributed by atoms with Gasteiger partial charge in [0.05, 0.1) is 43.3 Å². The third-order valence-corrected chi connectivity index (χ3v) is 4.59. The Kier molecular flexibility index (Phi) is 6.42. The predicted octanol–water partition coefficient (Wildman–Crippen LogP) is 3.84. The molecular formula is C20H23ClN2O4. The van der Waals surface area contributed by atoms with Crippen molar-refractivity contribution in [3.63, 3.8) is 0 Å². The number of nitrogens with one attached hydrogen (secondary N) is 1. The van der Waals surface area contributed by atoms with Gasteiger partial charge in [0.2, 0.25) is 0 Å². The Hall–Kier alpha value is -2.44. The molecule has 27 heavy (non-hydrogen) atoms. The predicted molar refractivity (Wildman–Crippen MR) is 107 cm³/mol. The Morgan fingerprint density at radius 3 is 2.70 bits per heavy atom. The maximum atomic E-state index is 12.8. The second kappa shape index (κ2) is 8.97. The lowest BCUT2D eigenvalue weighted by Crippen LogP contribution is -2.37. The lowest BCUT2D eigenvalue weighted by Gasteiger charge is -2.31. The van der Waals surface area contributed by atoms with Gasteiger partial charge in [0.1, 0.15) is 0 Å². The van der Waals surface area contributed by atoms with Crippen LogP contribution in [-0.4, -0.2) is 45.9 Å². The molecule has 1 saturated heterocycles. The fourth-order valence-electron chi connectivity index (χ4n) is 3.01. The summed E-state index contributed by atoms with van der Waals surface area (Å²) in [6, 6.07) is 10.6. The molecule has 1 amide bonds. The summed E-state index contributed by atoms with van der Waals surface area (Å²) in [6.45, 7) is 5.08. The summed E-state index contributed by atoms with van der Waals surface area (Å²) in [4.78, 5) is 14.9. The molecule has 1 fully saturated rings. The Morgan fingerprint density at radius 2 is 2.00 bits per heavy atom. The van der Waals surface area contributed by atoms with E-state index in [2.05, 4.69) is 10.2 Å². The molecule has 144 valence electrons. The Morgan fingerprint density at radius 1 is 1.22 bits per heavy atom. The Bertz CT molecular complexity index is 807. The minimum absolute atomic E-state index is 0.240. The minimum atomic E-state index is -0.240. The van der Waals surface area contributed by atoms with E-state index >= 15 is 0 Å². The number of benzene rings is 2. The minimum Gasteiger partial charge on any atom is -0.493 e. The van der Waals surface area contributed by atoms with Crippen molar-refractivity contribution in [3.8, 4) is 11.5 Å². The van der Waals surface area contributed by atoms with Crippen molar-refractivity contribution in [2.45, 2.75) is 6.92 Å². The van der Waals surface area contributed by atoms with E-state index in [-0.39, 0.29) is 5.91 Å². The van der Waals surface area contributed by atoms with Gasteiger partial charge in [-0.3, -0.25) is 4.79 Å². The quantitative estimate of drug-likeness (QED) is 0.812. The van der Waals surface area contributed by atoms with Crippen LogP contribution in [0.15, 0.2) is 36.4 Å². The van der Waals surface area contributed by atoms with E-state index in [0.29, 0.717) is 47.6 Å². The van der Waals surface area contributed by atoms with E-state index in [1.165, 1.54) is 0 Å². The summed E-state index contributed by atoms with van der Waals surface area (Å²) in [7, 11) is 1.57. The van der Waals surface area contributed by atoms with Gasteiger partial charge in [-0.25, -0.2) is 0 Å². The number of carbonyl (C=O) groups is 1. The number of para-hydroxylation sites is 1. The molecule has 2 aromatic rings. The fraction of sp³-hybridized carbons (Fsp3) is 0.350. The first-order valence-electron chi connectivity index (χ1n) is 8.87. The van der Waals surface area contributed by atoms with Crippen LogP contribution in [0.1, 0.15) is 17.3 Å². The van der Waals surface area contributed by atoms with Crippen molar-refractivity contribution in [1.82, 2.24) is 0 Å². The van der Waals surface area contributed by atoms with Gasteiger partial charge >= 0.3 is 0 Å². The largest absolute Gasteiger partial charge is 0.493 e. The van der Waals surface area contributed by atoms with Crippen LogP contribution >= 0.6 is 11.6 Å². The topological polar surface area (TPSA) is 60.0 Å². The average molecular weight is 391 g/mol. The number of nitrogens with zero attached hydrogens (tertiary/aromatic N) is 1. The summed E-state index contributed by atoms with van der Waals surface area (Å²) >= 11 is 6.43. The highest BCUT2D eigenvalue weighted by Gasteiger charge is 2.20. The van der Waals surface area contributed by atoms with Crippen molar-refractivity contribution >= 4 is 28.9 Å². The number of methoxy groups -OCH3 is 1. The zero-order valence-corrected chi connectivity index (χ0v) is 16.2. The first kappa shape index (κ1) is 19.3. The number of halogens is 1. The maximum Gasteiger partial charge on any atom is 0.255 e. The van der Waals surface area contributed by atoms with Crippen LogP contribution in [0.2, 0.25) is 5.02 Å². The molecule has 2 aromatic carbocycles. The molecule has 0 aromatic heterocycles. The van der Waals surface area contributed by atoms with Gasteiger partial charge in [-0.1, -0.05) is 17.7 Å². The van der Waals surface area contributed by atoms with Crippen molar-refractivity contribution < 1.29 is 19.0 Å². The van der Waals surface area contributed by atoms with Crippen LogP contribution in [0, 0.1) is 0 Å². The normalized spacial score (nSPS) is 14.0. The standard InChI is InChI=1S/C20H23ClN2O4/c1-3-27-18-13-14(7-8-17(18)25-2)20(24)22-16-6-4-5-15(21)19(16)23-9-11-26-12-10-23/h4-8,13H,3,9-12H2,1-2H3,(H,22,24). The third kappa shape index (κ3) is 4.46. The van der Waals surface area contributed by atoms with E-state index in [1.54, 1.807) is 25.3 Å². The van der Waals surface area contributed by atoms with Gasteiger partial charge in [-0.05, 0) is 37.3 Å². The number of amides is 1. The van der Waals surface area contributed by atoms with Crippen LogP contribution in [0.25, 0.3) is 0 Å². The first-order valence-corrected chi connectivity index (χ1v) is 9.25. The molecule has 0 aliphatic carbocycles. The molecule has 0 bridgehead atoms. The van der Waals surface area contributed by atoms with E-state index in [1.807, 2.05) is 25.1 Å². The van der Waals surface area contributed by atoms with Crippen LogP contribution < -0.4 is 19.7 Å². The van der Waals surface area contributed by atoms with Crippen LogP contribution in [0.4, 0.5) is 11.4 Å². The molecule has 1 aliphatic rings. The van der Waals surface area contributed by atoms with Gasteiger partial charge in [0, 0.05) is 18.7 Å². The van der Waals surface area contributed by atoms with Crippen molar-refractivity contribution in [1.29, 1.82) is 0 Å². The molecule has 0 unspecified atom stereocenters. The van der Waals surface area contributed by atoms with E-state index in [9.17, 15) is 4.79 Å². The van der Waals surface area contributed by atoms with Crippen LogP contribution in [0.5, 0.6) is 11.5 Å². The second-order valence-corrected chi connectivity index (χ2v) is 6.40. The highest BCUT2D eigenvalue weighted by Crippen LogP contribution is 2.35. The number of hydrogen-bond acceptors (Lipinski definition) is 5. The van der Waals surface area contributed by atoms with Gasteiger partial charge < -0.3 is 24.4 Å². The van der Waals surface area contributed by atoms with E-state index < -0.39 is 0 Å². The van der Waals surface area contributed by atoms with Gasteiger partial charge in [0.15, 0.2) is 11.5 Å². The SMILES string of the molecule is CCOc1cc(C(=O)Nc2cccc(Cl)c2N2CCOCC2)ccc1OC. The summed E-state index contributed by atoms with van der Waals surface area (Å²) in [5, 5.41) is 3.57. The number of hydrogen-bond donors (Lipinski definition) is 1. The van der Waals surface area contributed by atoms with Crippen LogP contribution in [-0.2, 0) is 4.74 Å². The highest BCUT2D eigenvalue weighted by atomic mass is 35.5. The van der Waals surface area contributed by atoms with E-state index in [0.717, 1.165) is 18.8 Å². The van der Waals surface area contributed by atoms with Crippen LogP contribution in [0.3, 0.4) is 0 Å². The second-order valence-electron chi connectivity index (χ2n) is 5.99. The molecule has 6 nitrogen and oxygen atoms in total. The molecule has 0 atom stereocenters. The average Bonchev–Trinajstić information content (AvgIpc) is 2.69. The molecular weight excluding hydrogens is 368 g/mol. The lowest BCUT2D eigenvalue weighted by atomic mass is 10.1. The number of morpholine rings is 1. The van der Waals surface area contributed by atoms with Crippen molar-refractivity contribution in [3.05, 3.63) is 47.0 Å². The van der Waals surface area contributed by atoms with Crippen molar-refractivity contribution in [2.75, 3.05) is 50.2 Å². The molecule has 0 radical (unpaired) electrons. The zero-order chi connectivity index (χ0) is 19.2. The molecule has 0 saturated carbocycles. The van der Waals surface area contributed by atoms with Crippen molar-refractivity contribution in [2.24, 2.45) is 0 Å². The van der Waals surface area contributed by atoms with Gasteiger partial charge in [-0.2, -0.15) is 0 Å². The number of anilines is 2. The summed E-state index contributed by atoms with van der Waals surface area (Å²) in [5.41, 5.74) is 1.96. The Labute approximate surface area is 164 Å². The number of carbonyl (C=O) groups excluding carboxylic acids is 1. The summed E-state index contributed by atoms with van der Waals surface area (Å²) < 4.78 is 16.2. The summed E-state index contributed by atoms with van der Waals surface area (Å²) in [6.07, 6.45) is 0. The highest BCUT2D eigenvalue weighted by molar-refractivity contribution is 6.34. The van der Waals surface area contributed by atoms with E-state index in [4.69, 9.17) is 25.8 Å². The lowest BCUT2D eigenvalue weighted by molar-refractivity contribution is 0.102. The molecule has 1 heterocycles. The summed E-state index contributed by atoms with van der Waals surface area (Å²) in [5.74, 6) is 0.882. The fourth-order valence-corrected chi connectivity index (χ4v) is 3.30. The molecule has 7 heteroatoms. The van der Waals surface area contributed by atoms with Gasteiger partial charge in [0.25, 0.3) is 5.91 Å². The zero-order valence-electron chi connectivity index (χ0n) is 15.5. The number of ether oxygens (including phenoxy) is 3. The molecule has 1 aliphatic heterocycles. The molecule has 3 rings (SSSR count). The number of rotatable bonds is 6. The third-order valence-electron chi connectivity index (χ3n) is 4.29. The molecule has 0 spiro atoms.